The number of fused-ring (bicyclic) bond motifs is 1. The predicted octanol–water partition coefficient (Wildman–Crippen LogP) is 4.26. The van der Waals surface area contributed by atoms with Gasteiger partial charge >= 0.3 is 0 Å². The second-order valence-corrected chi connectivity index (χ2v) is 6.09. The summed E-state index contributed by atoms with van der Waals surface area (Å²) in [5.74, 6) is 0.641. The minimum atomic E-state index is -0.265. The number of aryl methyl sites for hydroxylation is 2. The van der Waals surface area contributed by atoms with Crippen molar-refractivity contribution in [3.63, 3.8) is 0 Å². The summed E-state index contributed by atoms with van der Waals surface area (Å²) in [7, 11) is 0. The number of nitrogens with one attached hydrogen (secondary N) is 1. The highest BCUT2D eigenvalue weighted by Crippen LogP contribution is 2.35. The van der Waals surface area contributed by atoms with Gasteiger partial charge in [0.2, 0.25) is 0 Å². The number of anilines is 1. The molecule has 3 aromatic rings. The Hall–Kier alpha value is -2.62. The number of rotatable bonds is 2. The maximum atomic E-state index is 14.2. The molecule has 0 unspecified atom stereocenters. The average molecular weight is 307 g/mol. The van der Waals surface area contributed by atoms with Gasteiger partial charge in [-0.3, -0.25) is 0 Å². The minimum absolute atomic E-state index is 0.265. The van der Waals surface area contributed by atoms with Gasteiger partial charge in [0.05, 0.1) is 5.69 Å². The van der Waals surface area contributed by atoms with Crippen LogP contribution in [0, 0.1) is 19.7 Å². The number of hydrogen-bond donors (Lipinski definition) is 1. The Labute approximate surface area is 134 Å². The number of nitrogens with zero attached hydrogens (tertiary/aromatic N) is 2. The molecule has 0 bridgehead atoms. The quantitative estimate of drug-likeness (QED) is 0.766. The highest BCUT2D eigenvalue weighted by atomic mass is 19.1. The van der Waals surface area contributed by atoms with Crippen molar-refractivity contribution in [2.75, 3.05) is 11.9 Å². The van der Waals surface area contributed by atoms with Crippen molar-refractivity contribution >= 4 is 5.82 Å². The van der Waals surface area contributed by atoms with E-state index in [2.05, 4.69) is 37.4 Å². The van der Waals surface area contributed by atoms with Gasteiger partial charge in [0.15, 0.2) is 0 Å². The number of para-hydroxylation sites is 1. The van der Waals surface area contributed by atoms with E-state index in [1.165, 1.54) is 22.8 Å². The second-order valence-electron chi connectivity index (χ2n) is 6.09. The lowest BCUT2D eigenvalue weighted by Gasteiger charge is -2.07. The van der Waals surface area contributed by atoms with E-state index in [1.807, 2.05) is 6.07 Å². The van der Waals surface area contributed by atoms with Crippen LogP contribution < -0.4 is 5.32 Å². The first kappa shape index (κ1) is 14.0. The van der Waals surface area contributed by atoms with Crippen LogP contribution in [0.25, 0.3) is 16.9 Å². The molecule has 2 aromatic carbocycles. The Kier molecular flexibility index (Phi) is 3.18. The molecule has 4 rings (SSSR count). The van der Waals surface area contributed by atoms with Gasteiger partial charge in [-0.1, -0.05) is 29.3 Å². The standard InChI is InChI=1S/C19H18FN3/c1-12-9-13(2)11-14(10-12)18-15-7-8-21-19(15)23(22-18)17-6-4-3-5-16(17)20/h3-6,9-11,21H,7-8H2,1-2H3. The molecule has 0 amide bonds. The molecule has 1 aliphatic rings. The molecular weight excluding hydrogens is 289 g/mol. The van der Waals surface area contributed by atoms with Crippen LogP contribution >= 0.6 is 0 Å². The van der Waals surface area contributed by atoms with Crippen LogP contribution in [0.15, 0.2) is 42.5 Å². The van der Waals surface area contributed by atoms with E-state index < -0.39 is 0 Å². The fraction of sp³-hybridized carbons (Fsp3) is 0.211. The minimum Gasteiger partial charge on any atom is -0.369 e. The van der Waals surface area contributed by atoms with Gasteiger partial charge in [0, 0.05) is 17.7 Å². The SMILES string of the molecule is Cc1cc(C)cc(-c2nn(-c3ccccc3F)c3c2CCN3)c1. The first-order valence-corrected chi connectivity index (χ1v) is 7.83. The molecule has 1 N–H and O–H groups in total. The fourth-order valence-electron chi connectivity index (χ4n) is 3.32. The van der Waals surface area contributed by atoms with E-state index in [4.69, 9.17) is 5.10 Å². The molecular formula is C19H18FN3. The highest BCUT2D eigenvalue weighted by Gasteiger charge is 2.25. The molecule has 1 aliphatic heterocycles. The van der Waals surface area contributed by atoms with Crippen molar-refractivity contribution in [1.29, 1.82) is 0 Å². The van der Waals surface area contributed by atoms with Crippen molar-refractivity contribution < 1.29 is 4.39 Å². The monoisotopic (exact) mass is 307 g/mol. The van der Waals surface area contributed by atoms with Crippen LogP contribution in [-0.2, 0) is 6.42 Å². The number of aromatic nitrogens is 2. The summed E-state index contributed by atoms with van der Waals surface area (Å²) >= 11 is 0. The largest absolute Gasteiger partial charge is 0.369 e. The first-order chi connectivity index (χ1) is 11.1. The lowest BCUT2D eigenvalue weighted by Crippen LogP contribution is -2.05. The normalized spacial score (nSPS) is 13.0. The summed E-state index contributed by atoms with van der Waals surface area (Å²) in [6.07, 6.45) is 0.909. The third kappa shape index (κ3) is 2.31. The van der Waals surface area contributed by atoms with Gasteiger partial charge < -0.3 is 5.32 Å². The Bertz CT molecular complexity index is 875. The molecule has 116 valence electrons. The molecule has 0 spiro atoms. The van der Waals surface area contributed by atoms with Gasteiger partial charge in [-0.05, 0) is 44.5 Å². The Morgan fingerprint density at radius 3 is 2.57 bits per heavy atom. The van der Waals surface area contributed by atoms with Gasteiger partial charge in [-0.2, -0.15) is 5.10 Å². The Morgan fingerprint density at radius 1 is 1.09 bits per heavy atom. The molecule has 2 heterocycles. The van der Waals surface area contributed by atoms with Gasteiger partial charge in [-0.15, -0.1) is 0 Å². The third-order valence-electron chi connectivity index (χ3n) is 4.23. The molecule has 4 heteroatoms. The Morgan fingerprint density at radius 2 is 1.83 bits per heavy atom. The maximum Gasteiger partial charge on any atom is 0.148 e. The zero-order chi connectivity index (χ0) is 16.0. The third-order valence-corrected chi connectivity index (χ3v) is 4.23. The fourth-order valence-corrected chi connectivity index (χ4v) is 3.32. The molecule has 3 nitrogen and oxygen atoms in total. The lowest BCUT2D eigenvalue weighted by atomic mass is 10.0. The van der Waals surface area contributed by atoms with Crippen LogP contribution in [0.1, 0.15) is 16.7 Å². The second kappa shape index (κ2) is 5.23. The van der Waals surface area contributed by atoms with Crippen LogP contribution in [0.2, 0.25) is 0 Å². The summed E-state index contributed by atoms with van der Waals surface area (Å²) < 4.78 is 15.9. The topological polar surface area (TPSA) is 29.9 Å². The number of hydrogen-bond acceptors (Lipinski definition) is 2. The average Bonchev–Trinajstić information content (AvgIpc) is 3.09. The van der Waals surface area contributed by atoms with Gasteiger partial charge in [-0.25, -0.2) is 9.07 Å². The molecule has 0 fully saturated rings. The molecule has 0 saturated carbocycles. The van der Waals surface area contributed by atoms with Crippen LogP contribution in [0.4, 0.5) is 10.2 Å². The predicted molar refractivity (Wildman–Crippen MR) is 90.6 cm³/mol. The van der Waals surface area contributed by atoms with E-state index in [0.717, 1.165) is 30.0 Å². The van der Waals surface area contributed by atoms with Gasteiger partial charge in [0.25, 0.3) is 0 Å². The van der Waals surface area contributed by atoms with Crippen LogP contribution in [0.3, 0.4) is 0 Å². The van der Waals surface area contributed by atoms with E-state index in [-0.39, 0.29) is 5.82 Å². The molecule has 23 heavy (non-hydrogen) atoms. The van der Waals surface area contributed by atoms with E-state index in [1.54, 1.807) is 16.8 Å². The zero-order valence-electron chi connectivity index (χ0n) is 13.2. The number of halogens is 1. The van der Waals surface area contributed by atoms with Crippen molar-refractivity contribution in [3.05, 3.63) is 65.0 Å². The van der Waals surface area contributed by atoms with Crippen LogP contribution in [0.5, 0.6) is 0 Å². The van der Waals surface area contributed by atoms with Crippen molar-refractivity contribution in [3.8, 4) is 16.9 Å². The summed E-state index contributed by atoms with van der Waals surface area (Å²) in [5.41, 5.74) is 6.10. The molecule has 0 atom stereocenters. The molecule has 0 radical (unpaired) electrons. The van der Waals surface area contributed by atoms with E-state index in [9.17, 15) is 4.39 Å². The summed E-state index contributed by atoms with van der Waals surface area (Å²) in [6, 6.07) is 13.2. The van der Waals surface area contributed by atoms with Crippen molar-refractivity contribution in [2.45, 2.75) is 20.3 Å². The number of benzene rings is 2. The van der Waals surface area contributed by atoms with Crippen molar-refractivity contribution in [1.82, 2.24) is 9.78 Å². The summed E-state index contributed by atoms with van der Waals surface area (Å²) in [6.45, 7) is 5.03. The smallest absolute Gasteiger partial charge is 0.148 e. The molecule has 0 aliphatic carbocycles. The van der Waals surface area contributed by atoms with Gasteiger partial charge in [0.1, 0.15) is 17.3 Å². The molecule has 0 saturated heterocycles. The van der Waals surface area contributed by atoms with Crippen molar-refractivity contribution in [2.24, 2.45) is 0 Å². The van der Waals surface area contributed by atoms with E-state index in [0.29, 0.717) is 5.69 Å². The van der Waals surface area contributed by atoms with E-state index >= 15 is 0 Å². The van der Waals surface area contributed by atoms with Crippen LogP contribution in [-0.4, -0.2) is 16.3 Å². The maximum absolute atomic E-state index is 14.2. The highest BCUT2D eigenvalue weighted by molar-refractivity contribution is 5.73. The summed E-state index contributed by atoms with van der Waals surface area (Å²) in [4.78, 5) is 0. The lowest BCUT2D eigenvalue weighted by molar-refractivity contribution is 0.612. The summed E-state index contributed by atoms with van der Waals surface area (Å²) in [5, 5.41) is 8.08. The first-order valence-electron chi connectivity index (χ1n) is 7.83. The zero-order valence-corrected chi connectivity index (χ0v) is 13.2. The Balaban J connectivity index is 1.93. The molecule has 1 aromatic heterocycles.